The monoisotopic (exact) mass is 288 g/mol. The molecule has 1 aromatic rings. The first-order valence-corrected chi connectivity index (χ1v) is 7.54. The molecule has 0 spiro atoms. The molecule has 1 heterocycles. The number of nitrogens with zero attached hydrogens (tertiary/aromatic N) is 1. The Kier molecular flexibility index (Phi) is 5.60. The molecule has 114 valence electrons. The van der Waals surface area contributed by atoms with Gasteiger partial charge in [0.1, 0.15) is 0 Å². The highest BCUT2D eigenvalue weighted by atomic mass is 16.1. The Labute approximate surface area is 126 Å². The van der Waals surface area contributed by atoms with Crippen molar-refractivity contribution >= 4 is 17.4 Å². The Morgan fingerprint density at radius 2 is 2.10 bits per heavy atom. The van der Waals surface area contributed by atoms with Gasteiger partial charge in [-0.25, -0.2) is 0 Å². The van der Waals surface area contributed by atoms with Crippen molar-refractivity contribution in [3.63, 3.8) is 0 Å². The Hall–Kier alpha value is -2.04. The van der Waals surface area contributed by atoms with Gasteiger partial charge in [-0.1, -0.05) is 12.1 Å². The fourth-order valence-electron chi connectivity index (χ4n) is 2.48. The molecule has 0 bridgehead atoms. The number of benzene rings is 1. The maximum atomic E-state index is 10.9. The van der Waals surface area contributed by atoms with E-state index in [1.807, 2.05) is 25.1 Å². The molecule has 2 rings (SSSR count). The first-order chi connectivity index (χ1) is 10.1. The largest absolute Gasteiger partial charge is 0.383 e. The number of carbonyl (C=O) groups is 1. The van der Waals surface area contributed by atoms with Crippen LogP contribution in [-0.2, 0) is 11.2 Å². The van der Waals surface area contributed by atoms with Gasteiger partial charge in [0.15, 0.2) is 0 Å². The van der Waals surface area contributed by atoms with E-state index in [-0.39, 0.29) is 5.91 Å². The van der Waals surface area contributed by atoms with Crippen LogP contribution in [0.5, 0.6) is 0 Å². The minimum atomic E-state index is -0.299. The summed E-state index contributed by atoms with van der Waals surface area (Å²) in [6, 6.07) is 5.95. The van der Waals surface area contributed by atoms with Crippen molar-refractivity contribution < 1.29 is 4.79 Å². The first-order valence-electron chi connectivity index (χ1n) is 7.54. The minimum Gasteiger partial charge on any atom is -0.383 e. The number of amides is 1. The summed E-state index contributed by atoms with van der Waals surface area (Å²) in [6.45, 7) is 4.69. The molecule has 0 aromatic heterocycles. The molecule has 0 aliphatic carbocycles. The highest BCUT2D eigenvalue weighted by molar-refractivity contribution is 5.82. The normalized spacial score (nSPS) is 14.4. The summed E-state index contributed by atoms with van der Waals surface area (Å²) < 4.78 is 0. The van der Waals surface area contributed by atoms with Crippen molar-refractivity contribution in [2.24, 2.45) is 10.7 Å². The number of primary amides is 1. The number of hydrogen-bond acceptors (Lipinski definition) is 4. The second-order valence-electron chi connectivity index (χ2n) is 5.43. The average molecular weight is 288 g/mol. The van der Waals surface area contributed by atoms with Crippen molar-refractivity contribution in [1.29, 1.82) is 0 Å². The van der Waals surface area contributed by atoms with Crippen LogP contribution in [0.2, 0.25) is 0 Å². The van der Waals surface area contributed by atoms with Crippen LogP contribution in [-0.4, -0.2) is 31.4 Å². The molecule has 1 aliphatic rings. The standard InChI is InChI=1S/C16H24N4O/c1-12-10-13(11-15(17)21)5-6-14(12)18-8-9-20-16-4-2-3-7-19-16/h5-6,10,18H,2-4,7-9,11H2,1H3,(H2,17,21)(H,19,20). The highest BCUT2D eigenvalue weighted by Crippen LogP contribution is 2.16. The second kappa shape index (κ2) is 7.67. The van der Waals surface area contributed by atoms with E-state index in [9.17, 15) is 4.79 Å². The molecular weight excluding hydrogens is 264 g/mol. The van der Waals surface area contributed by atoms with E-state index in [0.717, 1.165) is 48.7 Å². The first kappa shape index (κ1) is 15.4. The molecular formula is C16H24N4O. The lowest BCUT2D eigenvalue weighted by molar-refractivity contribution is -0.117. The van der Waals surface area contributed by atoms with Crippen LogP contribution in [0, 0.1) is 6.92 Å². The number of aryl methyl sites for hydroxylation is 1. The summed E-state index contributed by atoms with van der Waals surface area (Å²) in [5, 5.41) is 6.77. The number of amidine groups is 1. The lowest BCUT2D eigenvalue weighted by Gasteiger charge is -2.15. The van der Waals surface area contributed by atoms with Crippen molar-refractivity contribution in [2.45, 2.75) is 32.6 Å². The maximum Gasteiger partial charge on any atom is 0.221 e. The molecule has 0 fully saturated rings. The maximum absolute atomic E-state index is 10.9. The van der Waals surface area contributed by atoms with E-state index in [1.54, 1.807) is 0 Å². The molecule has 5 nitrogen and oxygen atoms in total. The predicted octanol–water partition coefficient (Wildman–Crippen LogP) is 1.61. The summed E-state index contributed by atoms with van der Waals surface area (Å²) in [4.78, 5) is 15.4. The molecule has 0 atom stereocenters. The van der Waals surface area contributed by atoms with E-state index in [4.69, 9.17) is 5.73 Å². The smallest absolute Gasteiger partial charge is 0.221 e. The average Bonchev–Trinajstić information content (AvgIpc) is 2.46. The van der Waals surface area contributed by atoms with Crippen LogP contribution in [0.4, 0.5) is 5.69 Å². The van der Waals surface area contributed by atoms with Gasteiger partial charge >= 0.3 is 0 Å². The van der Waals surface area contributed by atoms with Gasteiger partial charge in [0.05, 0.1) is 12.3 Å². The Balaban J connectivity index is 1.77. The van der Waals surface area contributed by atoms with Crippen LogP contribution in [0.1, 0.15) is 30.4 Å². The fourth-order valence-corrected chi connectivity index (χ4v) is 2.48. The number of carbonyl (C=O) groups excluding carboxylic acids is 1. The van der Waals surface area contributed by atoms with Gasteiger partial charge in [-0.2, -0.15) is 0 Å². The van der Waals surface area contributed by atoms with Crippen molar-refractivity contribution in [2.75, 3.05) is 25.0 Å². The number of nitrogens with one attached hydrogen (secondary N) is 2. The van der Waals surface area contributed by atoms with Gasteiger partial charge < -0.3 is 16.4 Å². The third kappa shape index (κ3) is 5.10. The molecule has 1 aromatic carbocycles. The zero-order chi connectivity index (χ0) is 15.1. The molecule has 0 unspecified atom stereocenters. The number of anilines is 1. The summed E-state index contributed by atoms with van der Waals surface area (Å²) in [5.74, 6) is 0.837. The van der Waals surface area contributed by atoms with Crippen LogP contribution in [0.15, 0.2) is 23.2 Å². The summed E-state index contributed by atoms with van der Waals surface area (Å²) in [6.07, 6.45) is 3.81. The topological polar surface area (TPSA) is 79.5 Å². The van der Waals surface area contributed by atoms with Crippen LogP contribution in [0.3, 0.4) is 0 Å². The summed E-state index contributed by atoms with van der Waals surface area (Å²) >= 11 is 0. The van der Waals surface area contributed by atoms with E-state index in [2.05, 4.69) is 15.6 Å². The van der Waals surface area contributed by atoms with Gasteiger partial charge in [-0.15, -0.1) is 0 Å². The highest BCUT2D eigenvalue weighted by Gasteiger charge is 2.05. The molecule has 21 heavy (non-hydrogen) atoms. The fraction of sp³-hybridized carbons (Fsp3) is 0.500. The minimum absolute atomic E-state index is 0.294. The van der Waals surface area contributed by atoms with Gasteiger partial charge in [-0.3, -0.25) is 9.79 Å². The van der Waals surface area contributed by atoms with Gasteiger partial charge in [0.25, 0.3) is 0 Å². The predicted molar refractivity (Wildman–Crippen MR) is 86.7 cm³/mol. The zero-order valence-corrected chi connectivity index (χ0v) is 12.6. The van der Waals surface area contributed by atoms with Crippen molar-refractivity contribution in [3.05, 3.63) is 29.3 Å². The van der Waals surface area contributed by atoms with Crippen molar-refractivity contribution in [1.82, 2.24) is 5.32 Å². The lowest BCUT2D eigenvalue weighted by atomic mass is 10.1. The van der Waals surface area contributed by atoms with E-state index < -0.39 is 0 Å². The zero-order valence-electron chi connectivity index (χ0n) is 12.6. The van der Waals surface area contributed by atoms with Crippen LogP contribution < -0.4 is 16.4 Å². The Morgan fingerprint density at radius 1 is 1.29 bits per heavy atom. The van der Waals surface area contributed by atoms with Gasteiger partial charge in [0.2, 0.25) is 5.91 Å². The Bertz CT molecular complexity index is 525. The van der Waals surface area contributed by atoms with E-state index >= 15 is 0 Å². The number of hydrogen-bond donors (Lipinski definition) is 3. The van der Waals surface area contributed by atoms with Crippen LogP contribution >= 0.6 is 0 Å². The molecule has 5 heteroatoms. The van der Waals surface area contributed by atoms with Gasteiger partial charge in [0, 0.05) is 31.7 Å². The Morgan fingerprint density at radius 3 is 2.76 bits per heavy atom. The molecule has 0 radical (unpaired) electrons. The number of nitrogens with two attached hydrogens (primary N) is 1. The molecule has 1 amide bonds. The SMILES string of the molecule is Cc1cc(CC(N)=O)ccc1NCCNC1=NCCCC1. The summed E-state index contributed by atoms with van der Waals surface area (Å²) in [7, 11) is 0. The molecule has 1 aliphatic heterocycles. The summed E-state index contributed by atoms with van der Waals surface area (Å²) in [5.41, 5.74) is 8.39. The van der Waals surface area contributed by atoms with Crippen LogP contribution in [0.25, 0.3) is 0 Å². The van der Waals surface area contributed by atoms with Gasteiger partial charge in [-0.05, 0) is 37.0 Å². The van der Waals surface area contributed by atoms with Crippen molar-refractivity contribution in [3.8, 4) is 0 Å². The molecule has 0 saturated heterocycles. The quantitative estimate of drug-likeness (QED) is 0.696. The second-order valence-corrected chi connectivity index (χ2v) is 5.43. The lowest BCUT2D eigenvalue weighted by Crippen LogP contribution is -2.30. The third-order valence-electron chi connectivity index (χ3n) is 3.56. The third-order valence-corrected chi connectivity index (χ3v) is 3.56. The molecule has 4 N–H and O–H groups in total. The van der Waals surface area contributed by atoms with E-state index in [1.165, 1.54) is 12.8 Å². The number of rotatable bonds is 6. The molecule has 0 saturated carbocycles. The number of aliphatic imine (C=N–C) groups is 1. The van der Waals surface area contributed by atoms with E-state index in [0.29, 0.717) is 6.42 Å².